The van der Waals surface area contributed by atoms with Crippen LogP contribution in [0.2, 0.25) is 0 Å². The minimum Gasteiger partial charge on any atom is -0.437 e. The third kappa shape index (κ3) is 2.82. The maximum atomic E-state index is 11.0. The lowest BCUT2D eigenvalue weighted by atomic mass is 10.1. The molecule has 0 saturated carbocycles. The summed E-state index contributed by atoms with van der Waals surface area (Å²) >= 11 is 0. The Kier molecular flexibility index (Phi) is 3.85. The summed E-state index contributed by atoms with van der Waals surface area (Å²) in [6.07, 6.45) is 1.53. The molecule has 0 aliphatic rings. The van der Waals surface area contributed by atoms with Crippen LogP contribution in [0.15, 0.2) is 24.4 Å². The molecule has 0 fully saturated rings. The molecule has 6 heteroatoms. The molecule has 2 aromatic rings. The molecular formula is C15H13N3O3. The number of ether oxygens (including phenoxy) is 1. The van der Waals surface area contributed by atoms with E-state index in [0.29, 0.717) is 16.9 Å². The van der Waals surface area contributed by atoms with Crippen LogP contribution in [0.1, 0.15) is 22.3 Å². The van der Waals surface area contributed by atoms with Gasteiger partial charge in [0.15, 0.2) is 0 Å². The summed E-state index contributed by atoms with van der Waals surface area (Å²) in [6.45, 7) is 5.23. The quantitative estimate of drug-likeness (QED) is 0.634. The molecular weight excluding hydrogens is 270 g/mol. The van der Waals surface area contributed by atoms with Crippen LogP contribution in [0.3, 0.4) is 0 Å². The van der Waals surface area contributed by atoms with Crippen molar-refractivity contribution in [3.63, 3.8) is 0 Å². The highest BCUT2D eigenvalue weighted by molar-refractivity contribution is 5.52. The number of benzene rings is 1. The fourth-order valence-corrected chi connectivity index (χ4v) is 1.98. The van der Waals surface area contributed by atoms with Crippen molar-refractivity contribution in [2.45, 2.75) is 20.8 Å². The maximum Gasteiger partial charge on any atom is 0.276 e. The van der Waals surface area contributed by atoms with Crippen LogP contribution >= 0.6 is 0 Å². The molecule has 0 saturated heterocycles. The SMILES string of the molecule is Cc1cc(C)c([N+](=O)[O-])cc1Oc1nccc(C)c1C#N. The highest BCUT2D eigenvalue weighted by Crippen LogP contribution is 2.32. The lowest BCUT2D eigenvalue weighted by Crippen LogP contribution is -1.98. The molecule has 0 N–H and O–H groups in total. The molecule has 0 radical (unpaired) electrons. The molecule has 1 heterocycles. The third-order valence-corrected chi connectivity index (χ3v) is 3.13. The highest BCUT2D eigenvalue weighted by Gasteiger charge is 2.17. The lowest BCUT2D eigenvalue weighted by molar-refractivity contribution is -0.385. The molecule has 0 aliphatic heterocycles. The average molecular weight is 283 g/mol. The van der Waals surface area contributed by atoms with Crippen LogP contribution in [0.25, 0.3) is 0 Å². The van der Waals surface area contributed by atoms with Gasteiger partial charge in [-0.3, -0.25) is 10.1 Å². The Labute approximate surface area is 121 Å². The second-order valence-corrected chi connectivity index (χ2v) is 4.68. The fourth-order valence-electron chi connectivity index (χ4n) is 1.98. The Balaban J connectivity index is 2.50. The standard InChI is InChI=1S/C15H13N3O3/c1-9-4-5-17-15(12(9)8-16)21-14-7-13(18(19)20)10(2)6-11(14)3/h4-7H,1-3H3. The number of pyridine rings is 1. The zero-order chi connectivity index (χ0) is 15.6. The normalized spacial score (nSPS) is 10.0. The molecule has 1 aromatic heterocycles. The first-order valence-electron chi connectivity index (χ1n) is 6.23. The van der Waals surface area contributed by atoms with E-state index in [-0.39, 0.29) is 11.6 Å². The molecule has 6 nitrogen and oxygen atoms in total. The van der Waals surface area contributed by atoms with Gasteiger partial charge in [0, 0.05) is 11.8 Å². The van der Waals surface area contributed by atoms with Crippen LogP contribution in [0.4, 0.5) is 5.69 Å². The van der Waals surface area contributed by atoms with Crippen LogP contribution in [0.5, 0.6) is 11.6 Å². The Morgan fingerprint density at radius 3 is 2.57 bits per heavy atom. The second-order valence-electron chi connectivity index (χ2n) is 4.68. The number of hydrogen-bond donors (Lipinski definition) is 0. The number of nitriles is 1. The number of rotatable bonds is 3. The maximum absolute atomic E-state index is 11.0. The molecule has 21 heavy (non-hydrogen) atoms. The van der Waals surface area contributed by atoms with Gasteiger partial charge in [-0.15, -0.1) is 0 Å². The Bertz CT molecular complexity index is 763. The Hall–Kier alpha value is -2.94. The van der Waals surface area contributed by atoms with E-state index in [1.165, 1.54) is 12.3 Å². The van der Waals surface area contributed by atoms with Crippen molar-refractivity contribution >= 4 is 5.69 Å². The van der Waals surface area contributed by atoms with Crippen molar-refractivity contribution in [1.82, 2.24) is 4.98 Å². The van der Waals surface area contributed by atoms with E-state index in [2.05, 4.69) is 4.98 Å². The molecule has 0 atom stereocenters. The van der Waals surface area contributed by atoms with Crippen LogP contribution in [-0.4, -0.2) is 9.91 Å². The topological polar surface area (TPSA) is 89.1 Å². The zero-order valence-corrected chi connectivity index (χ0v) is 11.9. The van der Waals surface area contributed by atoms with Crippen LogP contribution in [-0.2, 0) is 0 Å². The summed E-state index contributed by atoms with van der Waals surface area (Å²) in [7, 11) is 0. The van der Waals surface area contributed by atoms with E-state index in [0.717, 1.165) is 11.1 Å². The predicted molar refractivity (Wildman–Crippen MR) is 76.3 cm³/mol. The van der Waals surface area contributed by atoms with Crippen molar-refractivity contribution in [2.75, 3.05) is 0 Å². The number of aryl methyl sites for hydroxylation is 3. The van der Waals surface area contributed by atoms with Gasteiger partial charge >= 0.3 is 0 Å². The van der Waals surface area contributed by atoms with Gasteiger partial charge < -0.3 is 4.74 Å². The van der Waals surface area contributed by atoms with Gasteiger partial charge in [0.2, 0.25) is 5.88 Å². The van der Waals surface area contributed by atoms with E-state index in [9.17, 15) is 10.1 Å². The largest absolute Gasteiger partial charge is 0.437 e. The van der Waals surface area contributed by atoms with Gasteiger partial charge in [0.1, 0.15) is 17.4 Å². The molecule has 106 valence electrons. The van der Waals surface area contributed by atoms with E-state index in [1.54, 1.807) is 32.9 Å². The monoisotopic (exact) mass is 283 g/mol. The fraction of sp³-hybridized carbons (Fsp3) is 0.200. The van der Waals surface area contributed by atoms with Crippen molar-refractivity contribution in [1.29, 1.82) is 5.26 Å². The summed E-state index contributed by atoms with van der Waals surface area (Å²) in [5.41, 5.74) is 2.33. The van der Waals surface area contributed by atoms with E-state index in [4.69, 9.17) is 10.00 Å². The number of aromatic nitrogens is 1. The molecule has 0 unspecified atom stereocenters. The number of hydrogen-bond acceptors (Lipinski definition) is 5. The summed E-state index contributed by atoms with van der Waals surface area (Å²) in [5.74, 6) is 0.473. The van der Waals surface area contributed by atoms with Crippen molar-refractivity contribution in [3.05, 3.63) is 56.8 Å². The predicted octanol–water partition coefficient (Wildman–Crippen LogP) is 3.58. The molecule has 1 aromatic carbocycles. The molecule has 0 spiro atoms. The van der Waals surface area contributed by atoms with Gasteiger partial charge in [0.05, 0.1) is 11.0 Å². The van der Waals surface area contributed by atoms with Gasteiger partial charge in [-0.1, -0.05) is 0 Å². The van der Waals surface area contributed by atoms with Crippen LogP contribution in [0, 0.1) is 42.2 Å². The second kappa shape index (κ2) is 5.59. The summed E-state index contributed by atoms with van der Waals surface area (Å²) in [6, 6.07) is 6.77. The highest BCUT2D eigenvalue weighted by atomic mass is 16.6. The van der Waals surface area contributed by atoms with Crippen molar-refractivity contribution in [3.8, 4) is 17.7 Å². The molecule has 0 bridgehead atoms. The summed E-state index contributed by atoms with van der Waals surface area (Å²) < 4.78 is 5.62. The zero-order valence-electron chi connectivity index (χ0n) is 11.9. The van der Waals surface area contributed by atoms with Gasteiger partial charge in [-0.25, -0.2) is 4.98 Å². The minimum absolute atomic E-state index is 0.0261. The van der Waals surface area contributed by atoms with Gasteiger partial charge in [0.25, 0.3) is 5.69 Å². The Morgan fingerprint density at radius 2 is 1.95 bits per heavy atom. The molecule has 0 aliphatic carbocycles. The lowest BCUT2D eigenvalue weighted by Gasteiger charge is -2.10. The third-order valence-electron chi connectivity index (χ3n) is 3.13. The van der Waals surface area contributed by atoms with Crippen molar-refractivity contribution < 1.29 is 9.66 Å². The molecule has 0 amide bonds. The Morgan fingerprint density at radius 1 is 1.24 bits per heavy atom. The van der Waals surface area contributed by atoms with Gasteiger partial charge in [-0.2, -0.15) is 5.26 Å². The first-order chi connectivity index (χ1) is 9.93. The van der Waals surface area contributed by atoms with E-state index >= 15 is 0 Å². The molecule has 2 rings (SSSR count). The smallest absolute Gasteiger partial charge is 0.276 e. The number of nitrogens with zero attached hydrogens (tertiary/aromatic N) is 3. The number of nitro benzene ring substituents is 1. The van der Waals surface area contributed by atoms with E-state index in [1.807, 2.05) is 6.07 Å². The van der Waals surface area contributed by atoms with Crippen molar-refractivity contribution in [2.24, 2.45) is 0 Å². The first kappa shape index (κ1) is 14.5. The average Bonchev–Trinajstić information content (AvgIpc) is 2.41. The summed E-state index contributed by atoms with van der Waals surface area (Å²) in [4.78, 5) is 14.6. The van der Waals surface area contributed by atoms with E-state index < -0.39 is 4.92 Å². The first-order valence-corrected chi connectivity index (χ1v) is 6.23. The van der Waals surface area contributed by atoms with Gasteiger partial charge in [-0.05, 0) is 44.0 Å². The van der Waals surface area contributed by atoms with Crippen LogP contribution < -0.4 is 4.74 Å². The minimum atomic E-state index is -0.462. The summed E-state index contributed by atoms with van der Waals surface area (Å²) in [5, 5.41) is 20.2. The number of nitro groups is 1.